The Balaban J connectivity index is 1.39. The molecule has 2 aliphatic rings. The van der Waals surface area contributed by atoms with E-state index in [1.54, 1.807) is 0 Å². The van der Waals surface area contributed by atoms with Crippen LogP contribution < -0.4 is 4.74 Å². The highest BCUT2D eigenvalue weighted by Crippen LogP contribution is 2.22. The standard InChI is InChI=1S/C23H36N2O3/c1-18-13-19(2)15-22(14-18)28-17-21(26)16-24-11-7-20(8-12-24)23(27)25-9-5-3-4-6-10-25/h13-15,20-21,26H,3-12,16-17H2,1-2H3. The number of rotatable bonds is 6. The number of ether oxygens (including phenoxy) is 1. The number of carbonyl (C=O) groups is 1. The third-order valence-electron chi connectivity index (χ3n) is 5.96. The molecule has 0 saturated carbocycles. The van der Waals surface area contributed by atoms with Crippen molar-refractivity contribution in [3.05, 3.63) is 29.3 Å². The zero-order chi connectivity index (χ0) is 19.9. The van der Waals surface area contributed by atoms with E-state index >= 15 is 0 Å². The van der Waals surface area contributed by atoms with Crippen molar-refractivity contribution in [1.29, 1.82) is 0 Å². The molecule has 1 unspecified atom stereocenters. The lowest BCUT2D eigenvalue weighted by Gasteiger charge is -2.34. The minimum atomic E-state index is -0.515. The van der Waals surface area contributed by atoms with Gasteiger partial charge >= 0.3 is 0 Å². The Morgan fingerprint density at radius 2 is 1.64 bits per heavy atom. The molecule has 0 aliphatic carbocycles. The van der Waals surface area contributed by atoms with Gasteiger partial charge in [-0.3, -0.25) is 4.79 Å². The third-order valence-corrected chi connectivity index (χ3v) is 5.96. The predicted molar refractivity (Wildman–Crippen MR) is 112 cm³/mol. The molecule has 3 rings (SSSR count). The van der Waals surface area contributed by atoms with Crippen LogP contribution in [-0.4, -0.2) is 66.2 Å². The minimum Gasteiger partial charge on any atom is -0.491 e. The Labute approximate surface area is 169 Å². The normalized spacial score (nSPS) is 20.6. The lowest BCUT2D eigenvalue weighted by Crippen LogP contribution is -2.45. The Morgan fingerprint density at radius 3 is 2.25 bits per heavy atom. The molecule has 2 fully saturated rings. The fourth-order valence-electron chi connectivity index (χ4n) is 4.47. The van der Waals surface area contributed by atoms with Gasteiger partial charge in [0.15, 0.2) is 0 Å². The number of nitrogens with zero attached hydrogens (tertiary/aromatic N) is 2. The highest BCUT2D eigenvalue weighted by Gasteiger charge is 2.29. The number of hydrogen-bond acceptors (Lipinski definition) is 4. The van der Waals surface area contributed by atoms with Crippen LogP contribution in [0.1, 0.15) is 49.7 Å². The summed E-state index contributed by atoms with van der Waals surface area (Å²) in [6.45, 7) is 8.64. The van der Waals surface area contributed by atoms with Crippen molar-refractivity contribution in [1.82, 2.24) is 9.80 Å². The average Bonchev–Trinajstić information content (AvgIpc) is 2.95. The molecule has 0 bridgehead atoms. The number of amides is 1. The number of carbonyl (C=O) groups excluding carboxylic acids is 1. The molecular weight excluding hydrogens is 352 g/mol. The molecule has 2 aliphatic heterocycles. The second-order valence-electron chi connectivity index (χ2n) is 8.60. The second-order valence-corrected chi connectivity index (χ2v) is 8.60. The Kier molecular flexibility index (Phi) is 7.74. The summed E-state index contributed by atoms with van der Waals surface area (Å²) < 4.78 is 5.78. The molecule has 5 nitrogen and oxygen atoms in total. The van der Waals surface area contributed by atoms with Crippen molar-refractivity contribution < 1.29 is 14.6 Å². The van der Waals surface area contributed by atoms with Gasteiger partial charge in [-0.05, 0) is 75.9 Å². The Morgan fingerprint density at radius 1 is 1.04 bits per heavy atom. The van der Waals surface area contributed by atoms with E-state index in [9.17, 15) is 9.90 Å². The van der Waals surface area contributed by atoms with Crippen molar-refractivity contribution in [2.75, 3.05) is 39.3 Å². The van der Waals surface area contributed by atoms with Gasteiger partial charge in [0.25, 0.3) is 0 Å². The number of aliphatic hydroxyl groups is 1. The molecule has 1 N–H and O–H groups in total. The van der Waals surface area contributed by atoms with E-state index < -0.39 is 6.10 Å². The van der Waals surface area contributed by atoms with Gasteiger partial charge in [-0.2, -0.15) is 0 Å². The smallest absolute Gasteiger partial charge is 0.225 e. The monoisotopic (exact) mass is 388 g/mol. The first-order valence-corrected chi connectivity index (χ1v) is 10.9. The first kappa shape index (κ1) is 21.1. The van der Waals surface area contributed by atoms with Gasteiger partial charge < -0.3 is 19.6 Å². The van der Waals surface area contributed by atoms with Crippen molar-refractivity contribution in [3.8, 4) is 5.75 Å². The fourth-order valence-corrected chi connectivity index (χ4v) is 4.47. The molecule has 1 aromatic rings. The number of likely N-dealkylation sites (tertiary alicyclic amines) is 2. The topological polar surface area (TPSA) is 53.0 Å². The van der Waals surface area contributed by atoms with Crippen LogP contribution >= 0.6 is 0 Å². The van der Waals surface area contributed by atoms with Crippen LogP contribution in [0.15, 0.2) is 18.2 Å². The first-order valence-electron chi connectivity index (χ1n) is 10.9. The minimum absolute atomic E-state index is 0.165. The second kappa shape index (κ2) is 10.3. The summed E-state index contributed by atoms with van der Waals surface area (Å²) in [6.07, 6.45) is 6.10. The summed E-state index contributed by atoms with van der Waals surface area (Å²) in [5, 5.41) is 10.4. The number of benzene rings is 1. The fraction of sp³-hybridized carbons (Fsp3) is 0.696. The highest BCUT2D eigenvalue weighted by molar-refractivity contribution is 5.79. The van der Waals surface area contributed by atoms with E-state index in [0.717, 1.165) is 57.6 Å². The first-order chi connectivity index (χ1) is 13.5. The van der Waals surface area contributed by atoms with E-state index in [4.69, 9.17) is 4.74 Å². The summed E-state index contributed by atoms with van der Waals surface area (Å²) in [7, 11) is 0. The van der Waals surface area contributed by atoms with Gasteiger partial charge in [-0.1, -0.05) is 18.9 Å². The van der Waals surface area contributed by atoms with Crippen LogP contribution in [0, 0.1) is 19.8 Å². The van der Waals surface area contributed by atoms with Crippen LogP contribution in [0.2, 0.25) is 0 Å². The summed E-state index contributed by atoms with van der Waals surface area (Å²) in [4.78, 5) is 17.1. The summed E-state index contributed by atoms with van der Waals surface area (Å²) >= 11 is 0. The molecule has 156 valence electrons. The van der Waals surface area contributed by atoms with E-state index in [-0.39, 0.29) is 5.92 Å². The molecule has 5 heteroatoms. The zero-order valence-electron chi connectivity index (χ0n) is 17.5. The van der Waals surface area contributed by atoms with Gasteiger partial charge in [-0.15, -0.1) is 0 Å². The Bertz CT molecular complexity index is 612. The lowest BCUT2D eigenvalue weighted by atomic mass is 9.95. The van der Waals surface area contributed by atoms with Crippen LogP contribution in [-0.2, 0) is 4.79 Å². The van der Waals surface area contributed by atoms with Crippen molar-refractivity contribution >= 4 is 5.91 Å². The molecule has 1 amide bonds. The number of β-amino-alcohol motifs (C(OH)–C–C–N with tert-alkyl or cyclic N) is 1. The molecule has 1 aromatic carbocycles. The zero-order valence-corrected chi connectivity index (χ0v) is 17.5. The third kappa shape index (κ3) is 6.21. The van der Waals surface area contributed by atoms with E-state index in [2.05, 4.69) is 15.9 Å². The molecular formula is C23H36N2O3. The number of aliphatic hydroxyl groups excluding tert-OH is 1. The Hall–Kier alpha value is -1.59. The van der Waals surface area contributed by atoms with Crippen LogP contribution in [0.5, 0.6) is 5.75 Å². The molecule has 2 heterocycles. The van der Waals surface area contributed by atoms with Crippen molar-refractivity contribution in [2.45, 2.75) is 58.5 Å². The van der Waals surface area contributed by atoms with Gasteiger partial charge in [0, 0.05) is 25.6 Å². The predicted octanol–water partition coefficient (Wildman–Crippen LogP) is 3.16. The van der Waals surface area contributed by atoms with Crippen molar-refractivity contribution in [3.63, 3.8) is 0 Å². The van der Waals surface area contributed by atoms with Gasteiger partial charge in [0.05, 0.1) is 0 Å². The van der Waals surface area contributed by atoms with Crippen LogP contribution in [0.4, 0.5) is 0 Å². The van der Waals surface area contributed by atoms with Crippen molar-refractivity contribution in [2.24, 2.45) is 5.92 Å². The maximum absolute atomic E-state index is 12.8. The van der Waals surface area contributed by atoms with Gasteiger partial charge in [-0.25, -0.2) is 0 Å². The number of hydrogen-bond donors (Lipinski definition) is 1. The SMILES string of the molecule is Cc1cc(C)cc(OCC(O)CN2CCC(C(=O)N3CCCCCC3)CC2)c1. The molecule has 0 aromatic heterocycles. The number of piperidine rings is 1. The van der Waals surface area contributed by atoms with E-state index in [0.29, 0.717) is 19.1 Å². The van der Waals surface area contributed by atoms with E-state index in [1.807, 2.05) is 26.0 Å². The maximum Gasteiger partial charge on any atom is 0.225 e. The molecule has 28 heavy (non-hydrogen) atoms. The largest absolute Gasteiger partial charge is 0.491 e. The van der Waals surface area contributed by atoms with Gasteiger partial charge in [0.2, 0.25) is 5.91 Å². The quantitative estimate of drug-likeness (QED) is 0.813. The molecule has 0 spiro atoms. The molecule has 1 atom stereocenters. The van der Waals surface area contributed by atoms with E-state index in [1.165, 1.54) is 24.0 Å². The lowest BCUT2D eigenvalue weighted by molar-refractivity contribution is -0.137. The maximum atomic E-state index is 12.8. The van der Waals surface area contributed by atoms with Crippen LogP contribution in [0.3, 0.4) is 0 Å². The highest BCUT2D eigenvalue weighted by atomic mass is 16.5. The summed E-state index contributed by atoms with van der Waals surface area (Å²) in [5.74, 6) is 1.34. The van der Waals surface area contributed by atoms with Gasteiger partial charge in [0.1, 0.15) is 18.5 Å². The average molecular weight is 389 g/mol. The summed E-state index contributed by atoms with van der Waals surface area (Å²) in [6, 6.07) is 6.11. The molecule has 0 radical (unpaired) electrons. The number of aryl methyl sites for hydroxylation is 2. The summed E-state index contributed by atoms with van der Waals surface area (Å²) in [5.41, 5.74) is 2.33. The van der Waals surface area contributed by atoms with Crippen LogP contribution in [0.25, 0.3) is 0 Å². The molecule has 2 saturated heterocycles.